The van der Waals surface area contributed by atoms with Crippen LogP contribution in [0.15, 0.2) is 36.5 Å². The van der Waals surface area contributed by atoms with Crippen molar-refractivity contribution in [2.75, 3.05) is 40.9 Å². The monoisotopic (exact) mass is 979 g/mol. The van der Waals surface area contributed by atoms with E-state index in [4.69, 9.17) is 13.8 Å². The number of hydrogen-bond donors (Lipinski definition) is 1. The van der Waals surface area contributed by atoms with Crippen molar-refractivity contribution in [2.45, 2.75) is 283 Å². The molecule has 0 aromatic carbocycles. The number of rotatable bonds is 52. The molecule has 10 heteroatoms. The minimum Gasteiger partial charge on any atom is -0.756 e. The predicted molar refractivity (Wildman–Crippen MR) is 289 cm³/mol. The lowest BCUT2D eigenvalue weighted by Gasteiger charge is -2.30. The first kappa shape index (κ1) is 66.2. The summed E-state index contributed by atoms with van der Waals surface area (Å²) in [5.74, 6) is -0.541. The van der Waals surface area contributed by atoms with Crippen LogP contribution in [0.3, 0.4) is 0 Å². The van der Waals surface area contributed by atoms with Crippen molar-refractivity contribution in [3.05, 3.63) is 36.5 Å². The summed E-state index contributed by atoms with van der Waals surface area (Å²) < 4.78 is 30.2. The van der Waals surface area contributed by atoms with Gasteiger partial charge in [0.05, 0.1) is 33.8 Å². The summed E-state index contributed by atoms with van der Waals surface area (Å²) in [6.07, 6.45) is 56.7. The smallest absolute Gasteiger partial charge is 0.306 e. The molecule has 9 nitrogen and oxygen atoms in total. The van der Waals surface area contributed by atoms with Crippen LogP contribution in [-0.2, 0) is 27.9 Å². The number of nitrogens with zero attached hydrogens (tertiary/aromatic N) is 1. The van der Waals surface area contributed by atoms with Crippen molar-refractivity contribution in [1.29, 1.82) is 0 Å². The maximum Gasteiger partial charge on any atom is 0.306 e. The van der Waals surface area contributed by atoms with Gasteiger partial charge in [0.2, 0.25) is 5.91 Å². The lowest BCUT2D eigenvalue weighted by molar-refractivity contribution is -0.870. The van der Waals surface area contributed by atoms with Crippen molar-refractivity contribution >= 4 is 19.7 Å². The fourth-order valence-electron chi connectivity index (χ4n) is 8.38. The van der Waals surface area contributed by atoms with Gasteiger partial charge in [0.25, 0.3) is 7.82 Å². The Morgan fingerprint density at radius 2 is 0.941 bits per heavy atom. The van der Waals surface area contributed by atoms with Gasteiger partial charge in [-0.1, -0.05) is 237 Å². The lowest BCUT2D eigenvalue weighted by Crippen LogP contribution is -2.47. The van der Waals surface area contributed by atoms with Gasteiger partial charge in [-0.3, -0.25) is 14.2 Å². The summed E-state index contributed by atoms with van der Waals surface area (Å²) in [5, 5.41) is 3.02. The number of hydrogen-bond acceptors (Lipinski definition) is 7. The Kier molecular flexibility index (Phi) is 47.6. The van der Waals surface area contributed by atoms with Gasteiger partial charge in [-0.2, -0.15) is 0 Å². The SMILES string of the molecule is CC/C=C/C/C=C/CCCCCCCCCC(=O)OC(/C=C/CCCCCCCCCCCCC)C(COP(=O)([O-])OCC[N+](C)(C)C)NC(=O)CCCCCCCCCCCCCCCCC. The molecule has 0 aromatic heterocycles. The van der Waals surface area contributed by atoms with Crippen molar-refractivity contribution < 1.29 is 37.3 Å². The van der Waals surface area contributed by atoms with Crippen LogP contribution < -0.4 is 10.2 Å². The Balaban J connectivity index is 5.36. The van der Waals surface area contributed by atoms with E-state index in [1.807, 2.05) is 33.3 Å². The van der Waals surface area contributed by atoms with Crippen molar-refractivity contribution in [3.8, 4) is 0 Å². The van der Waals surface area contributed by atoms with Gasteiger partial charge >= 0.3 is 5.97 Å². The molecule has 68 heavy (non-hydrogen) atoms. The van der Waals surface area contributed by atoms with Crippen LogP contribution in [0, 0.1) is 0 Å². The lowest BCUT2D eigenvalue weighted by atomic mass is 10.0. The average Bonchev–Trinajstić information content (AvgIpc) is 3.29. The number of quaternary nitrogens is 1. The molecular weight excluding hydrogens is 868 g/mol. The number of carbonyl (C=O) groups is 2. The van der Waals surface area contributed by atoms with Crippen molar-refractivity contribution in [1.82, 2.24) is 5.32 Å². The van der Waals surface area contributed by atoms with E-state index in [1.165, 1.54) is 154 Å². The molecule has 0 saturated heterocycles. The molecule has 0 bridgehead atoms. The van der Waals surface area contributed by atoms with Gasteiger partial charge in [0, 0.05) is 12.8 Å². The highest BCUT2D eigenvalue weighted by Crippen LogP contribution is 2.38. The van der Waals surface area contributed by atoms with Crippen LogP contribution in [0.4, 0.5) is 0 Å². The molecule has 1 N–H and O–H groups in total. The molecule has 0 fully saturated rings. The second-order valence-electron chi connectivity index (χ2n) is 20.8. The zero-order valence-corrected chi connectivity index (χ0v) is 46.5. The minimum atomic E-state index is -4.69. The van der Waals surface area contributed by atoms with Gasteiger partial charge in [-0.25, -0.2) is 0 Å². The van der Waals surface area contributed by atoms with E-state index in [2.05, 4.69) is 50.4 Å². The molecule has 0 aromatic rings. The first-order valence-corrected chi connectivity index (χ1v) is 30.3. The molecule has 1 amide bonds. The number of unbranched alkanes of at least 4 members (excludes halogenated alkanes) is 32. The highest BCUT2D eigenvalue weighted by Gasteiger charge is 2.27. The summed E-state index contributed by atoms with van der Waals surface area (Å²) in [6.45, 7) is 6.75. The quantitative estimate of drug-likeness (QED) is 0.0212. The molecule has 0 saturated carbocycles. The third-order valence-electron chi connectivity index (χ3n) is 12.8. The number of allylic oxidation sites excluding steroid dienone is 5. The summed E-state index contributed by atoms with van der Waals surface area (Å²) in [5.41, 5.74) is 0. The summed E-state index contributed by atoms with van der Waals surface area (Å²) >= 11 is 0. The zero-order chi connectivity index (χ0) is 50.1. The molecule has 0 aliphatic heterocycles. The summed E-state index contributed by atoms with van der Waals surface area (Å²) in [6, 6.07) is -0.886. The highest BCUT2D eigenvalue weighted by molar-refractivity contribution is 7.45. The summed E-state index contributed by atoms with van der Waals surface area (Å²) in [7, 11) is 1.19. The summed E-state index contributed by atoms with van der Waals surface area (Å²) in [4.78, 5) is 39.8. The average molecular weight is 980 g/mol. The van der Waals surface area contributed by atoms with Gasteiger partial charge < -0.3 is 28.5 Å². The van der Waals surface area contributed by atoms with Crippen molar-refractivity contribution in [2.24, 2.45) is 0 Å². The Bertz CT molecular complexity index is 1270. The number of phosphoric acid groups is 1. The topological polar surface area (TPSA) is 114 Å². The van der Waals surface area contributed by atoms with Crippen LogP contribution >= 0.6 is 7.82 Å². The number of nitrogens with one attached hydrogen (secondary N) is 1. The molecule has 3 unspecified atom stereocenters. The van der Waals surface area contributed by atoms with E-state index in [0.717, 1.165) is 83.5 Å². The van der Waals surface area contributed by atoms with Crippen LogP contribution in [0.2, 0.25) is 0 Å². The zero-order valence-electron chi connectivity index (χ0n) is 45.6. The molecule has 0 aliphatic carbocycles. The van der Waals surface area contributed by atoms with Gasteiger partial charge in [-0.05, 0) is 57.4 Å². The normalized spacial score (nSPS) is 14.0. The first-order valence-electron chi connectivity index (χ1n) is 28.8. The van der Waals surface area contributed by atoms with E-state index < -0.39 is 20.0 Å². The maximum atomic E-state index is 13.5. The fourth-order valence-corrected chi connectivity index (χ4v) is 9.11. The Morgan fingerprint density at radius 3 is 1.40 bits per heavy atom. The first-order chi connectivity index (χ1) is 32.9. The Labute approximate surface area is 421 Å². The molecule has 0 spiro atoms. The van der Waals surface area contributed by atoms with E-state index in [9.17, 15) is 19.0 Å². The van der Waals surface area contributed by atoms with Crippen LogP contribution in [0.1, 0.15) is 271 Å². The number of amides is 1. The molecule has 0 heterocycles. The number of ether oxygens (including phenoxy) is 1. The largest absolute Gasteiger partial charge is 0.756 e. The molecule has 3 atom stereocenters. The molecular formula is C58H111N2O7P. The predicted octanol–water partition coefficient (Wildman–Crippen LogP) is 16.5. The third kappa shape index (κ3) is 49.2. The van der Waals surface area contributed by atoms with Crippen LogP contribution in [0.5, 0.6) is 0 Å². The standard InChI is InChI=1S/C58H111N2O7P/c1-7-10-13-16-19-22-25-28-30-32-35-38-41-44-47-50-57(61)59-55(54-66-68(63,64)65-53-52-60(4,5)6)56(49-46-43-40-37-34-31-27-24-21-18-15-12-9-3)67-58(62)51-48-45-42-39-36-33-29-26-23-20-17-14-11-8-2/h11,14,20,23,46,49,55-56H,7-10,12-13,15-19,21-22,24-45,47-48,50-54H2,1-6H3,(H-,59,61,63,64)/b14-11+,23-20+,49-46+. The highest BCUT2D eigenvalue weighted by atomic mass is 31.2. The Hall–Kier alpha value is -1.77. The second-order valence-corrected chi connectivity index (χ2v) is 22.2. The van der Waals surface area contributed by atoms with E-state index in [0.29, 0.717) is 17.4 Å². The van der Waals surface area contributed by atoms with Crippen molar-refractivity contribution in [3.63, 3.8) is 0 Å². The second kappa shape index (κ2) is 48.8. The minimum absolute atomic E-state index is 0.0215. The van der Waals surface area contributed by atoms with Gasteiger partial charge in [-0.15, -0.1) is 0 Å². The molecule has 400 valence electrons. The van der Waals surface area contributed by atoms with E-state index in [1.54, 1.807) is 0 Å². The third-order valence-corrected chi connectivity index (χ3v) is 13.8. The number of phosphoric ester groups is 1. The molecule has 0 radical (unpaired) electrons. The van der Waals surface area contributed by atoms with E-state index >= 15 is 0 Å². The number of esters is 1. The van der Waals surface area contributed by atoms with Crippen LogP contribution in [0.25, 0.3) is 0 Å². The van der Waals surface area contributed by atoms with Crippen LogP contribution in [-0.4, -0.2) is 69.4 Å². The van der Waals surface area contributed by atoms with Gasteiger partial charge in [0.15, 0.2) is 0 Å². The maximum absolute atomic E-state index is 13.5. The fraction of sp³-hybridized carbons (Fsp3) is 0.862. The molecule has 0 rings (SSSR count). The number of likely N-dealkylation sites (N-methyl/N-ethyl adjacent to an activating group) is 1. The molecule has 0 aliphatic rings. The number of carbonyl (C=O) groups excluding carboxylic acids is 2. The Morgan fingerprint density at radius 1 is 0.529 bits per heavy atom. The van der Waals surface area contributed by atoms with Gasteiger partial charge in [0.1, 0.15) is 19.3 Å². The van der Waals surface area contributed by atoms with E-state index in [-0.39, 0.29) is 31.5 Å².